The smallest absolute Gasteiger partial charge is 0.137 e. The van der Waals surface area contributed by atoms with Gasteiger partial charge >= 0.3 is 0 Å². The third-order valence-electron chi connectivity index (χ3n) is 2.92. The van der Waals surface area contributed by atoms with Gasteiger partial charge in [-0.1, -0.05) is 17.7 Å². The lowest BCUT2D eigenvalue weighted by molar-refractivity contribution is -0.118. The van der Waals surface area contributed by atoms with E-state index in [1.165, 1.54) is 0 Å². The Morgan fingerprint density at radius 3 is 2.73 bits per heavy atom. The quantitative estimate of drug-likeness (QED) is 0.789. The van der Waals surface area contributed by atoms with E-state index in [9.17, 15) is 4.79 Å². The molecular weight excluding hydrogens is 212 g/mol. The first-order valence-corrected chi connectivity index (χ1v) is 5.35. The van der Waals surface area contributed by atoms with Gasteiger partial charge in [-0.05, 0) is 37.0 Å². The second-order valence-electron chi connectivity index (χ2n) is 3.95. The van der Waals surface area contributed by atoms with Crippen molar-refractivity contribution in [2.45, 2.75) is 19.3 Å². The van der Waals surface area contributed by atoms with Gasteiger partial charge in [0.2, 0.25) is 0 Å². The summed E-state index contributed by atoms with van der Waals surface area (Å²) < 4.78 is 5.08. The third kappa shape index (κ3) is 2.00. The molecule has 0 heterocycles. The van der Waals surface area contributed by atoms with Gasteiger partial charge in [-0.2, -0.15) is 0 Å². The summed E-state index contributed by atoms with van der Waals surface area (Å²) in [5.41, 5.74) is 1.14. The SMILES string of the molecule is COc1ccc(C2CC2C(C)=O)cc1Cl. The predicted molar refractivity (Wildman–Crippen MR) is 59.5 cm³/mol. The normalized spacial score (nSPS) is 23.7. The Kier molecular flexibility index (Phi) is 2.70. The average Bonchev–Trinajstić information content (AvgIpc) is 2.97. The maximum absolute atomic E-state index is 11.1. The molecule has 0 amide bonds. The molecule has 2 atom stereocenters. The Labute approximate surface area is 94.2 Å². The van der Waals surface area contributed by atoms with Gasteiger partial charge in [-0.3, -0.25) is 4.79 Å². The Morgan fingerprint density at radius 2 is 2.27 bits per heavy atom. The number of ketones is 1. The molecule has 0 aromatic heterocycles. The largest absolute Gasteiger partial charge is 0.495 e. The first kappa shape index (κ1) is 10.5. The van der Waals surface area contributed by atoms with Crippen molar-refractivity contribution in [2.24, 2.45) is 5.92 Å². The minimum atomic E-state index is 0.203. The zero-order valence-electron chi connectivity index (χ0n) is 8.79. The van der Waals surface area contributed by atoms with Gasteiger partial charge < -0.3 is 4.74 Å². The lowest BCUT2D eigenvalue weighted by Crippen LogP contribution is -1.95. The van der Waals surface area contributed by atoms with Crippen molar-refractivity contribution < 1.29 is 9.53 Å². The maximum Gasteiger partial charge on any atom is 0.137 e. The zero-order chi connectivity index (χ0) is 11.0. The van der Waals surface area contributed by atoms with Crippen LogP contribution < -0.4 is 4.74 Å². The molecule has 1 aromatic carbocycles. The van der Waals surface area contributed by atoms with E-state index >= 15 is 0 Å². The molecule has 2 rings (SSSR count). The Hall–Kier alpha value is -1.02. The fourth-order valence-electron chi connectivity index (χ4n) is 1.93. The van der Waals surface area contributed by atoms with Crippen LogP contribution in [0.25, 0.3) is 0 Å². The molecule has 0 N–H and O–H groups in total. The molecule has 0 aliphatic heterocycles. The van der Waals surface area contributed by atoms with Gasteiger partial charge in [0.1, 0.15) is 11.5 Å². The molecule has 1 aliphatic carbocycles. The Balaban J connectivity index is 2.18. The highest BCUT2D eigenvalue weighted by molar-refractivity contribution is 6.32. The van der Waals surface area contributed by atoms with E-state index in [2.05, 4.69) is 0 Å². The molecule has 1 saturated carbocycles. The van der Waals surface area contributed by atoms with Crippen LogP contribution in [0.2, 0.25) is 5.02 Å². The number of ether oxygens (including phenoxy) is 1. The number of halogens is 1. The third-order valence-corrected chi connectivity index (χ3v) is 3.21. The Morgan fingerprint density at radius 1 is 1.53 bits per heavy atom. The highest BCUT2D eigenvalue weighted by Gasteiger charge is 2.41. The van der Waals surface area contributed by atoms with Crippen LogP contribution in [0.4, 0.5) is 0 Å². The molecule has 1 fully saturated rings. The van der Waals surface area contributed by atoms with Gasteiger partial charge in [0, 0.05) is 5.92 Å². The second kappa shape index (κ2) is 3.86. The van der Waals surface area contributed by atoms with E-state index in [0.717, 1.165) is 12.0 Å². The minimum Gasteiger partial charge on any atom is -0.495 e. The number of Topliss-reactive ketones (excluding diaryl/α,β-unsaturated/α-hetero) is 1. The fraction of sp³-hybridized carbons (Fsp3) is 0.417. The van der Waals surface area contributed by atoms with E-state index in [4.69, 9.17) is 16.3 Å². The van der Waals surface area contributed by atoms with Crippen molar-refractivity contribution in [1.82, 2.24) is 0 Å². The number of carbonyl (C=O) groups is 1. The van der Waals surface area contributed by atoms with Crippen LogP contribution >= 0.6 is 11.6 Å². The van der Waals surface area contributed by atoms with E-state index in [0.29, 0.717) is 16.7 Å². The van der Waals surface area contributed by atoms with Crippen molar-refractivity contribution in [1.29, 1.82) is 0 Å². The summed E-state index contributed by atoms with van der Waals surface area (Å²) in [5.74, 6) is 1.52. The van der Waals surface area contributed by atoms with E-state index in [1.54, 1.807) is 14.0 Å². The zero-order valence-corrected chi connectivity index (χ0v) is 9.54. The molecule has 15 heavy (non-hydrogen) atoms. The highest BCUT2D eigenvalue weighted by atomic mass is 35.5. The highest BCUT2D eigenvalue weighted by Crippen LogP contribution is 2.48. The topological polar surface area (TPSA) is 26.3 Å². The summed E-state index contributed by atoms with van der Waals surface area (Å²) >= 11 is 6.02. The van der Waals surface area contributed by atoms with Crippen LogP contribution in [0.15, 0.2) is 18.2 Å². The maximum atomic E-state index is 11.1. The molecule has 0 saturated heterocycles. The number of hydrogen-bond donors (Lipinski definition) is 0. The molecule has 2 unspecified atom stereocenters. The first-order chi connectivity index (χ1) is 7.13. The summed E-state index contributed by atoms with van der Waals surface area (Å²) in [6.07, 6.45) is 0.956. The van der Waals surface area contributed by atoms with Crippen molar-refractivity contribution in [3.63, 3.8) is 0 Å². The summed E-state index contributed by atoms with van der Waals surface area (Å²) in [6, 6.07) is 5.74. The standard InChI is InChI=1S/C12H13ClO2/c1-7(14)9-6-10(9)8-3-4-12(15-2)11(13)5-8/h3-5,9-10H,6H2,1-2H3. The monoisotopic (exact) mass is 224 g/mol. The van der Waals surface area contributed by atoms with Gasteiger partial charge in [0.05, 0.1) is 12.1 Å². The molecule has 0 spiro atoms. The summed E-state index contributed by atoms with van der Waals surface area (Å²) in [6.45, 7) is 1.65. The summed E-state index contributed by atoms with van der Waals surface area (Å²) in [4.78, 5) is 11.1. The van der Waals surface area contributed by atoms with Crippen LogP contribution in [-0.2, 0) is 4.79 Å². The van der Waals surface area contributed by atoms with Crippen molar-refractivity contribution >= 4 is 17.4 Å². The number of benzene rings is 1. The van der Waals surface area contributed by atoms with Crippen LogP contribution in [0, 0.1) is 5.92 Å². The summed E-state index contributed by atoms with van der Waals surface area (Å²) in [5, 5.41) is 0.615. The molecule has 80 valence electrons. The molecule has 3 heteroatoms. The van der Waals surface area contributed by atoms with E-state index in [1.807, 2.05) is 18.2 Å². The van der Waals surface area contributed by atoms with Crippen molar-refractivity contribution in [2.75, 3.05) is 7.11 Å². The lowest BCUT2D eigenvalue weighted by atomic mass is 10.1. The van der Waals surface area contributed by atoms with Gasteiger partial charge in [-0.15, -0.1) is 0 Å². The predicted octanol–water partition coefficient (Wildman–Crippen LogP) is 3.04. The molecule has 1 aromatic rings. The van der Waals surface area contributed by atoms with Crippen LogP contribution in [0.5, 0.6) is 5.75 Å². The van der Waals surface area contributed by atoms with Crippen molar-refractivity contribution in [3.05, 3.63) is 28.8 Å². The van der Waals surface area contributed by atoms with Gasteiger partial charge in [0.25, 0.3) is 0 Å². The minimum absolute atomic E-state index is 0.203. The number of hydrogen-bond acceptors (Lipinski definition) is 2. The van der Waals surface area contributed by atoms with Crippen LogP contribution in [0.1, 0.15) is 24.8 Å². The first-order valence-electron chi connectivity index (χ1n) is 4.97. The number of rotatable bonds is 3. The molecule has 2 nitrogen and oxygen atoms in total. The van der Waals surface area contributed by atoms with Crippen LogP contribution in [0.3, 0.4) is 0 Å². The van der Waals surface area contributed by atoms with E-state index in [-0.39, 0.29) is 11.7 Å². The summed E-state index contributed by atoms with van der Waals surface area (Å²) in [7, 11) is 1.59. The average molecular weight is 225 g/mol. The molecule has 1 aliphatic rings. The molecular formula is C12H13ClO2. The van der Waals surface area contributed by atoms with Crippen LogP contribution in [-0.4, -0.2) is 12.9 Å². The lowest BCUT2D eigenvalue weighted by Gasteiger charge is -2.05. The number of carbonyl (C=O) groups excluding carboxylic acids is 1. The van der Waals surface area contributed by atoms with Gasteiger partial charge in [0.15, 0.2) is 0 Å². The van der Waals surface area contributed by atoms with Gasteiger partial charge in [-0.25, -0.2) is 0 Å². The second-order valence-corrected chi connectivity index (χ2v) is 4.36. The Bertz CT molecular complexity index is 401. The molecule has 0 bridgehead atoms. The molecule has 0 radical (unpaired) electrons. The fourth-order valence-corrected chi connectivity index (χ4v) is 2.19. The van der Waals surface area contributed by atoms with Crippen molar-refractivity contribution in [3.8, 4) is 5.75 Å². The number of methoxy groups -OCH3 is 1. The van der Waals surface area contributed by atoms with E-state index < -0.39 is 0 Å².